The minimum absolute atomic E-state index is 0.376. The molecule has 29 heavy (non-hydrogen) atoms. The van der Waals surface area contributed by atoms with Crippen LogP contribution in [0.4, 0.5) is 4.39 Å². The number of thioether (sulfide) groups is 1. The number of benzene rings is 1. The predicted octanol–water partition coefficient (Wildman–Crippen LogP) is 6.16. The average molecular weight is 434 g/mol. The summed E-state index contributed by atoms with van der Waals surface area (Å²) in [6.45, 7) is 9.09. The van der Waals surface area contributed by atoms with E-state index in [0.717, 1.165) is 33.0 Å². The van der Waals surface area contributed by atoms with Gasteiger partial charge in [0.15, 0.2) is 4.34 Å². The summed E-state index contributed by atoms with van der Waals surface area (Å²) in [6, 6.07) is 7.59. The lowest BCUT2D eigenvalue weighted by Crippen LogP contribution is -2.26. The van der Waals surface area contributed by atoms with Crippen molar-refractivity contribution in [3.63, 3.8) is 0 Å². The van der Waals surface area contributed by atoms with E-state index < -0.39 is 10.7 Å². The molecule has 7 heteroatoms. The second-order valence-corrected chi connectivity index (χ2v) is 9.48. The third-order valence-corrected chi connectivity index (χ3v) is 6.18. The van der Waals surface area contributed by atoms with Crippen molar-refractivity contribution >= 4 is 34.6 Å². The molecule has 0 amide bonds. The maximum Gasteiger partial charge on any atom is 0.319 e. The minimum Gasteiger partial charge on any atom is -0.493 e. The van der Waals surface area contributed by atoms with Gasteiger partial charge in [-0.1, -0.05) is 36.5 Å². The Morgan fingerprint density at radius 1 is 1.34 bits per heavy atom. The highest BCUT2D eigenvalue weighted by molar-refractivity contribution is 8.02. The number of aromatic nitrogens is 1. The first kappa shape index (κ1) is 22.9. The Balaban J connectivity index is 1.87. The van der Waals surface area contributed by atoms with Gasteiger partial charge in [0.05, 0.1) is 12.3 Å². The summed E-state index contributed by atoms with van der Waals surface area (Å²) in [4.78, 5) is 15.7. The zero-order valence-corrected chi connectivity index (χ0v) is 18.3. The SMILES string of the molecule is C=C/C(F)=C\C=C(/C)c1ccc(OCCc2csc(SC(C)(C)C(=O)O)n2)cc1. The van der Waals surface area contributed by atoms with E-state index in [1.165, 1.54) is 29.2 Å². The number of aliphatic carboxylic acids is 1. The normalized spacial score (nSPS) is 12.7. The Bertz CT molecular complexity index is 914. The topological polar surface area (TPSA) is 59.4 Å². The Kier molecular flexibility index (Phi) is 8.22. The number of rotatable bonds is 10. The lowest BCUT2D eigenvalue weighted by atomic mass is 10.1. The number of carboxylic acids is 1. The Morgan fingerprint density at radius 3 is 2.66 bits per heavy atom. The second kappa shape index (κ2) is 10.4. The van der Waals surface area contributed by atoms with Crippen molar-refractivity contribution < 1.29 is 19.0 Å². The molecule has 2 aromatic rings. The first-order valence-corrected chi connectivity index (χ1v) is 10.7. The van der Waals surface area contributed by atoms with E-state index >= 15 is 0 Å². The molecule has 1 aromatic heterocycles. The van der Waals surface area contributed by atoms with Crippen LogP contribution >= 0.6 is 23.1 Å². The molecule has 1 N–H and O–H groups in total. The van der Waals surface area contributed by atoms with Gasteiger partial charge >= 0.3 is 5.97 Å². The molecular formula is C22H24FNO3S2. The van der Waals surface area contributed by atoms with Crippen molar-refractivity contribution in [3.8, 4) is 5.75 Å². The Morgan fingerprint density at radius 2 is 2.03 bits per heavy atom. The van der Waals surface area contributed by atoms with Gasteiger partial charge in [-0.05, 0) is 56.2 Å². The van der Waals surface area contributed by atoms with Crippen LogP contribution in [0.15, 0.2) is 64.6 Å². The molecule has 0 aliphatic rings. The maximum atomic E-state index is 13.1. The smallest absolute Gasteiger partial charge is 0.319 e. The summed E-state index contributed by atoms with van der Waals surface area (Å²) in [7, 11) is 0. The molecule has 0 radical (unpaired) electrons. The van der Waals surface area contributed by atoms with Gasteiger partial charge in [0.2, 0.25) is 0 Å². The molecular weight excluding hydrogens is 409 g/mol. The first-order chi connectivity index (χ1) is 13.7. The highest BCUT2D eigenvalue weighted by Gasteiger charge is 2.29. The van der Waals surface area contributed by atoms with E-state index in [1.54, 1.807) is 19.9 Å². The quantitative estimate of drug-likeness (QED) is 0.359. The molecule has 0 fully saturated rings. The molecule has 0 bridgehead atoms. The van der Waals surface area contributed by atoms with Gasteiger partial charge < -0.3 is 9.84 Å². The van der Waals surface area contributed by atoms with Gasteiger partial charge in [-0.3, -0.25) is 4.79 Å². The predicted molar refractivity (Wildman–Crippen MR) is 118 cm³/mol. The summed E-state index contributed by atoms with van der Waals surface area (Å²) in [5.74, 6) is -0.497. The number of nitrogens with zero attached hydrogens (tertiary/aromatic N) is 1. The zero-order valence-electron chi connectivity index (χ0n) is 16.6. The van der Waals surface area contributed by atoms with Crippen LogP contribution in [0.25, 0.3) is 5.57 Å². The van der Waals surface area contributed by atoms with Crippen LogP contribution in [-0.4, -0.2) is 27.4 Å². The standard InChI is InChI=1S/C22H24FNO3S2/c1-5-17(23)9-6-15(2)16-7-10-19(11-8-16)27-13-12-18-14-28-21(24-18)29-22(3,4)20(25)26/h5-11,14H,1,12-13H2,2-4H3,(H,25,26)/b15-6+,17-9+. The third kappa shape index (κ3) is 7.18. The van der Waals surface area contributed by atoms with Crippen molar-refractivity contribution in [1.29, 1.82) is 0 Å². The van der Waals surface area contributed by atoms with Gasteiger partial charge in [-0.25, -0.2) is 9.37 Å². The van der Waals surface area contributed by atoms with Gasteiger partial charge in [-0.15, -0.1) is 11.3 Å². The van der Waals surface area contributed by atoms with Crippen LogP contribution in [0.5, 0.6) is 5.75 Å². The molecule has 1 heterocycles. The van der Waals surface area contributed by atoms with E-state index in [2.05, 4.69) is 11.6 Å². The van der Waals surface area contributed by atoms with Crippen molar-refractivity contribution in [1.82, 2.24) is 4.98 Å². The Labute approximate surface area is 178 Å². The number of allylic oxidation sites excluding steroid dienone is 5. The number of thiazole rings is 1. The number of hydrogen-bond acceptors (Lipinski definition) is 5. The summed E-state index contributed by atoms with van der Waals surface area (Å²) < 4.78 is 18.7. The van der Waals surface area contributed by atoms with Crippen LogP contribution in [0.2, 0.25) is 0 Å². The summed E-state index contributed by atoms with van der Waals surface area (Å²) in [6.07, 6.45) is 4.88. The minimum atomic E-state index is -0.910. The van der Waals surface area contributed by atoms with Gasteiger partial charge in [0.1, 0.15) is 16.3 Å². The van der Waals surface area contributed by atoms with Gasteiger partial charge in [0, 0.05) is 11.8 Å². The van der Waals surface area contributed by atoms with Gasteiger partial charge in [-0.2, -0.15) is 0 Å². The fraction of sp³-hybridized carbons (Fsp3) is 0.273. The molecule has 0 aliphatic carbocycles. The monoisotopic (exact) mass is 433 g/mol. The number of ether oxygens (including phenoxy) is 1. The van der Waals surface area contributed by atoms with Crippen molar-refractivity contribution in [2.24, 2.45) is 0 Å². The fourth-order valence-electron chi connectivity index (χ4n) is 2.17. The zero-order chi connectivity index (χ0) is 21.4. The molecule has 0 saturated carbocycles. The van der Waals surface area contributed by atoms with E-state index in [4.69, 9.17) is 4.74 Å². The van der Waals surface area contributed by atoms with Gasteiger partial charge in [0.25, 0.3) is 0 Å². The molecule has 0 saturated heterocycles. The molecule has 0 aliphatic heterocycles. The fourth-order valence-corrected chi connectivity index (χ4v) is 4.39. The van der Waals surface area contributed by atoms with E-state index in [0.29, 0.717) is 13.0 Å². The number of halogens is 1. The Hall–Kier alpha value is -2.38. The van der Waals surface area contributed by atoms with Crippen molar-refractivity contribution in [2.75, 3.05) is 6.61 Å². The largest absolute Gasteiger partial charge is 0.493 e. The molecule has 2 rings (SSSR count). The third-order valence-electron chi connectivity index (χ3n) is 4.01. The number of carboxylic acid groups (broad SMARTS) is 1. The maximum absolute atomic E-state index is 13.1. The number of hydrogen-bond donors (Lipinski definition) is 1. The van der Waals surface area contributed by atoms with Crippen molar-refractivity contribution in [2.45, 2.75) is 36.3 Å². The summed E-state index contributed by atoms with van der Waals surface area (Å²) in [5, 5.41) is 11.1. The molecule has 0 atom stereocenters. The molecule has 0 spiro atoms. The molecule has 154 valence electrons. The van der Waals surface area contributed by atoms with E-state index in [9.17, 15) is 14.3 Å². The van der Waals surface area contributed by atoms with Crippen LogP contribution in [-0.2, 0) is 11.2 Å². The molecule has 0 unspecified atom stereocenters. The molecule has 1 aromatic carbocycles. The second-order valence-electron chi connectivity index (χ2n) is 6.75. The van der Waals surface area contributed by atoms with Crippen LogP contribution in [0.1, 0.15) is 32.0 Å². The van der Waals surface area contributed by atoms with E-state index in [1.807, 2.05) is 36.6 Å². The highest BCUT2D eigenvalue weighted by Crippen LogP contribution is 2.34. The summed E-state index contributed by atoms with van der Waals surface area (Å²) in [5.41, 5.74) is 2.79. The van der Waals surface area contributed by atoms with Crippen LogP contribution in [0.3, 0.4) is 0 Å². The lowest BCUT2D eigenvalue weighted by molar-refractivity contribution is -0.138. The molecule has 4 nitrogen and oxygen atoms in total. The lowest BCUT2D eigenvalue weighted by Gasteiger charge is -2.15. The summed E-state index contributed by atoms with van der Waals surface area (Å²) >= 11 is 2.69. The number of carbonyl (C=O) groups is 1. The van der Waals surface area contributed by atoms with E-state index in [-0.39, 0.29) is 5.83 Å². The van der Waals surface area contributed by atoms with Crippen molar-refractivity contribution in [3.05, 3.63) is 71.5 Å². The average Bonchev–Trinajstić information content (AvgIpc) is 3.12. The van der Waals surface area contributed by atoms with Crippen LogP contribution < -0.4 is 4.74 Å². The van der Waals surface area contributed by atoms with Crippen LogP contribution in [0, 0.1) is 0 Å². The first-order valence-electron chi connectivity index (χ1n) is 8.98. The highest BCUT2D eigenvalue weighted by atomic mass is 32.2.